The van der Waals surface area contributed by atoms with Gasteiger partial charge in [-0.1, -0.05) is 0 Å². The zero-order chi connectivity index (χ0) is 24.2. The molecule has 2 aliphatic rings. The third-order valence-electron chi connectivity index (χ3n) is 6.81. The highest BCUT2D eigenvalue weighted by Gasteiger charge is 2.43. The van der Waals surface area contributed by atoms with Crippen LogP contribution in [-0.4, -0.2) is 60.7 Å². The first-order valence-corrected chi connectivity index (χ1v) is 12.8. The Labute approximate surface area is 198 Å². The fraction of sp³-hybridized carbons (Fsp3) is 0.360. The predicted octanol–water partition coefficient (Wildman–Crippen LogP) is 3.75. The fourth-order valence-electron chi connectivity index (χ4n) is 5.05. The molecule has 8 nitrogen and oxygen atoms in total. The molecule has 1 aromatic heterocycles. The first-order valence-electron chi connectivity index (χ1n) is 11.4. The number of carbonyl (C=O) groups is 2. The van der Waals surface area contributed by atoms with E-state index in [9.17, 15) is 18.0 Å². The number of piperidine rings is 1. The number of aromatic amines is 1. The van der Waals surface area contributed by atoms with E-state index < -0.39 is 22.0 Å². The second-order valence-corrected chi connectivity index (χ2v) is 10.9. The van der Waals surface area contributed by atoms with Crippen molar-refractivity contribution in [2.45, 2.75) is 43.5 Å². The van der Waals surface area contributed by atoms with Crippen LogP contribution in [-0.2, 0) is 10.0 Å². The van der Waals surface area contributed by atoms with E-state index in [1.807, 2.05) is 24.4 Å². The lowest BCUT2D eigenvalue weighted by Gasteiger charge is -2.32. The van der Waals surface area contributed by atoms with Crippen LogP contribution in [0.1, 0.15) is 58.9 Å². The van der Waals surface area contributed by atoms with Crippen molar-refractivity contribution < 1.29 is 22.7 Å². The van der Waals surface area contributed by atoms with Gasteiger partial charge in [0.25, 0.3) is 21.8 Å². The number of H-pyrrole nitrogens is 1. The number of ether oxygens (including phenoxy) is 1. The minimum absolute atomic E-state index is 0.0836. The van der Waals surface area contributed by atoms with Crippen LogP contribution in [0.2, 0.25) is 0 Å². The summed E-state index contributed by atoms with van der Waals surface area (Å²) in [6.45, 7) is 4.45. The number of nitrogens with zero attached hydrogens (tertiary/aromatic N) is 2. The minimum Gasteiger partial charge on any atom is -0.497 e. The summed E-state index contributed by atoms with van der Waals surface area (Å²) in [7, 11) is -2.30. The van der Waals surface area contributed by atoms with Crippen molar-refractivity contribution in [1.82, 2.24) is 14.2 Å². The highest BCUT2D eigenvalue weighted by molar-refractivity contribution is 7.90. The second-order valence-electron chi connectivity index (χ2n) is 9.13. The van der Waals surface area contributed by atoms with Gasteiger partial charge in [0, 0.05) is 41.8 Å². The van der Waals surface area contributed by atoms with Crippen LogP contribution in [0.15, 0.2) is 47.5 Å². The Kier molecular flexibility index (Phi) is 5.39. The Morgan fingerprint density at radius 3 is 2.53 bits per heavy atom. The number of carbonyl (C=O) groups excluding carboxylic acids is 2. The van der Waals surface area contributed by atoms with Crippen molar-refractivity contribution in [3.05, 3.63) is 59.3 Å². The first-order chi connectivity index (χ1) is 16.2. The molecule has 2 amide bonds. The van der Waals surface area contributed by atoms with Crippen molar-refractivity contribution >= 4 is 32.7 Å². The normalized spacial score (nSPS) is 18.1. The molecule has 1 saturated heterocycles. The lowest BCUT2D eigenvalue weighted by molar-refractivity contribution is 0.0712. The van der Waals surface area contributed by atoms with Gasteiger partial charge in [0.1, 0.15) is 10.6 Å². The third-order valence-corrected chi connectivity index (χ3v) is 8.81. The number of aromatic nitrogens is 1. The maximum Gasteiger partial charge on any atom is 0.269 e. The zero-order valence-corrected chi connectivity index (χ0v) is 20.2. The number of likely N-dealkylation sites (tertiary alicyclic amines) is 1. The van der Waals surface area contributed by atoms with E-state index in [1.165, 1.54) is 17.7 Å². The summed E-state index contributed by atoms with van der Waals surface area (Å²) in [5.74, 6) is 0.359. The molecule has 0 atom stereocenters. The molecular weight excluding hydrogens is 454 g/mol. The SMILES string of the molecule is COc1ccc2[nH]cc(C3CCN(C(=O)c4ccc5c(c4)S(=O)(=O)N(C(C)C)C5=O)CC3)c2c1. The average Bonchev–Trinajstić information content (AvgIpc) is 3.34. The molecule has 34 heavy (non-hydrogen) atoms. The number of nitrogens with one attached hydrogen (secondary N) is 1. The van der Waals surface area contributed by atoms with Gasteiger partial charge in [-0.25, -0.2) is 12.7 Å². The van der Waals surface area contributed by atoms with Crippen LogP contribution in [0.3, 0.4) is 0 Å². The minimum atomic E-state index is -3.95. The smallest absolute Gasteiger partial charge is 0.269 e. The molecule has 5 rings (SSSR count). The second kappa shape index (κ2) is 8.16. The Morgan fingerprint density at radius 1 is 1.12 bits per heavy atom. The van der Waals surface area contributed by atoms with E-state index in [0.29, 0.717) is 19.0 Å². The van der Waals surface area contributed by atoms with Crippen molar-refractivity contribution in [2.75, 3.05) is 20.2 Å². The quantitative estimate of drug-likeness (QED) is 0.612. The molecule has 0 saturated carbocycles. The summed E-state index contributed by atoms with van der Waals surface area (Å²) in [6, 6.07) is 9.83. The standard InChI is InChI=1S/C25H27N3O5S/c1-15(2)28-25(30)19-6-4-17(12-23(19)34(28,31)32)24(29)27-10-8-16(9-11-27)21-14-26-22-7-5-18(33-3)13-20(21)22/h4-7,12-16,26H,8-11H2,1-3H3. The van der Waals surface area contributed by atoms with Crippen LogP contribution in [0.25, 0.3) is 10.9 Å². The number of hydrogen-bond acceptors (Lipinski definition) is 5. The maximum absolute atomic E-state index is 13.2. The Morgan fingerprint density at radius 2 is 1.85 bits per heavy atom. The molecule has 2 aromatic carbocycles. The van der Waals surface area contributed by atoms with Gasteiger partial charge in [0.05, 0.1) is 12.7 Å². The maximum atomic E-state index is 13.2. The summed E-state index contributed by atoms with van der Waals surface area (Å²) in [6.07, 6.45) is 3.65. The molecule has 178 valence electrons. The molecule has 0 aliphatic carbocycles. The van der Waals surface area contributed by atoms with E-state index in [1.54, 1.807) is 31.9 Å². The average molecular weight is 482 g/mol. The molecule has 1 fully saturated rings. The van der Waals surface area contributed by atoms with Crippen molar-refractivity contribution in [1.29, 1.82) is 0 Å². The van der Waals surface area contributed by atoms with E-state index in [0.717, 1.165) is 33.8 Å². The number of methoxy groups -OCH3 is 1. The highest BCUT2D eigenvalue weighted by atomic mass is 32.2. The summed E-state index contributed by atoms with van der Waals surface area (Å²) in [5.41, 5.74) is 2.69. The molecule has 1 N–H and O–H groups in total. The molecule has 0 spiro atoms. The number of benzene rings is 2. The summed E-state index contributed by atoms with van der Waals surface area (Å²) < 4.78 is 32.0. The Hall–Kier alpha value is -3.33. The first kappa shape index (κ1) is 22.5. The monoisotopic (exact) mass is 481 g/mol. The summed E-state index contributed by atoms with van der Waals surface area (Å²) in [4.78, 5) is 30.8. The molecule has 2 aliphatic heterocycles. The van der Waals surface area contributed by atoms with Crippen LogP contribution in [0, 0.1) is 0 Å². The summed E-state index contributed by atoms with van der Waals surface area (Å²) in [5, 5.41) is 1.13. The Balaban J connectivity index is 1.34. The summed E-state index contributed by atoms with van der Waals surface area (Å²) >= 11 is 0. The topological polar surface area (TPSA) is 99.8 Å². The Bertz CT molecular complexity index is 1400. The highest BCUT2D eigenvalue weighted by Crippen LogP contribution is 2.36. The number of hydrogen-bond donors (Lipinski definition) is 1. The van der Waals surface area contributed by atoms with Gasteiger partial charge in [-0.3, -0.25) is 9.59 Å². The molecule has 0 bridgehead atoms. The van der Waals surface area contributed by atoms with E-state index in [4.69, 9.17) is 4.74 Å². The van der Waals surface area contributed by atoms with Gasteiger partial charge in [0.15, 0.2) is 0 Å². The lowest BCUT2D eigenvalue weighted by Crippen LogP contribution is -2.38. The van der Waals surface area contributed by atoms with E-state index in [-0.39, 0.29) is 21.9 Å². The molecule has 3 aromatic rings. The number of sulfonamides is 1. The molecule has 3 heterocycles. The van der Waals surface area contributed by atoms with E-state index >= 15 is 0 Å². The van der Waals surface area contributed by atoms with Gasteiger partial charge < -0.3 is 14.6 Å². The number of amides is 2. The van der Waals surface area contributed by atoms with Crippen molar-refractivity contribution in [3.63, 3.8) is 0 Å². The van der Waals surface area contributed by atoms with E-state index in [2.05, 4.69) is 4.98 Å². The zero-order valence-electron chi connectivity index (χ0n) is 19.4. The largest absolute Gasteiger partial charge is 0.497 e. The lowest BCUT2D eigenvalue weighted by atomic mass is 9.89. The molecule has 9 heteroatoms. The molecule has 0 radical (unpaired) electrons. The molecule has 0 unspecified atom stereocenters. The van der Waals surface area contributed by atoms with Gasteiger partial charge in [-0.15, -0.1) is 0 Å². The third kappa shape index (κ3) is 3.46. The number of rotatable bonds is 4. The van der Waals surface area contributed by atoms with Crippen LogP contribution >= 0.6 is 0 Å². The molecular formula is C25H27N3O5S. The van der Waals surface area contributed by atoms with Crippen LogP contribution in [0.4, 0.5) is 0 Å². The predicted molar refractivity (Wildman–Crippen MR) is 128 cm³/mol. The number of fused-ring (bicyclic) bond motifs is 2. The van der Waals surface area contributed by atoms with Crippen molar-refractivity contribution in [2.24, 2.45) is 0 Å². The van der Waals surface area contributed by atoms with Crippen LogP contribution < -0.4 is 4.74 Å². The fourth-order valence-corrected chi connectivity index (χ4v) is 6.85. The van der Waals surface area contributed by atoms with Gasteiger partial charge in [-0.2, -0.15) is 0 Å². The van der Waals surface area contributed by atoms with Crippen molar-refractivity contribution in [3.8, 4) is 5.75 Å². The van der Waals surface area contributed by atoms with Gasteiger partial charge in [-0.05, 0) is 74.6 Å². The van der Waals surface area contributed by atoms with Crippen LogP contribution in [0.5, 0.6) is 5.75 Å². The van der Waals surface area contributed by atoms with Gasteiger partial charge in [0.2, 0.25) is 0 Å². The van der Waals surface area contributed by atoms with Gasteiger partial charge >= 0.3 is 0 Å².